The van der Waals surface area contributed by atoms with Crippen molar-refractivity contribution in [2.24, 2.45) is 0 Å². The Morgan fingerprint density at radius 2 is 2.19 bits per heavy atom. The van der Waals surface area contributed by atoms with Gasteiger partial charge in [-0.05, 0) is 31.5 Å². The van der Waals surface area contributed by atoms with Crippen LogP contribution in [0.25, 0.3) is 0 Å². The topological polar surface area (TPSA) is 76.1 Å². The standard InChI is InChI=1S/C15H19NO5/c1-9(2)16-12(17)8-21-14(15(18)19)13(16)10-5-4-6-11(7-10)20-3/h4-7,9,13-14H,8H2,1-3H3,(H,18,19). The van der Waals surface area contributed by atoms with Crippen LogP contribution in [0.4, 0.5) is 0 Å². The van der Waals surface area contributed by atoms with Crippen LogP contribution >= 0.6 is 0 Å². The van der Waals surface area contributed by atoms with E-state index < -0.39 is 18.1 Å². The van der Waals surface area contributed by atoms with Gasteiger partial charge in [0.15, 0.2) is 6.10 Å². The number of benzene rings is 1. The number of rotatable bonds is 4. The zero-order valence-corrected chi connectivity index (χ0v) is 12.3. The molecule has 114 valence electrons. The summed E-state index contributed by atoms with van der Waals surface area (Å²) < 4.78 is 10.4. The van der Waals surface area contributed by atoms with Gasteiger partial charge in [0.05, 0.1) is 13.2 Å². The summed E-state index contributed by atoms with van der Waals surface area (Å²) in [4.78, 5) is 25.2. The molecule has 6 heteroatoms. The first-order valence-corrected chi connectivity index (χ1v) is 6.75. The van der Waals surface area contributed by atoms with Crippen molar-refractivity contribution in [2.45, 2.75) is 32.0 Å². The van der Waals surface area contributed by atoms with Crippen LogP contribution in [0, 0.1) is 0 Å². The molecule has 1 heterocycles. The Bertz CT molecular complexity index is 543. The fourth-order valence-electron chi connectivity index (χ4n) is 2.60. The summed E-state index contributed by atoms with van der Waals surface area (Å²) in [6.07, 6.45) is -1.09. The molecule has 1 aromatic rings. The second-order valence-corrected chi connectivity index (χ2v) is 5.19. The lowest BCUT2D eigenvalue weighted by molar-refractivity contribution is -0.175. The number of hydrogen-bond donors (Lipinski definition) is 1. The number of morpholine rings is 1. The van der Waals surface area contributed by atoms with Gasteiger partial charge in [-0.25, -0.2) is 4.79 Å². The van der Waals surface area contributed by atoms with E-state index in [2.05, 4.69) is 0 Å². The molecule has 0 saturated carbocycles. The highest BCUT2D eigenvalue weighted by atomic mass is 16.5. The summed E-state index contributed by atoms with van der Waals surface area (Å²) in [7, 11) is 1.54. The van der Waals surface area contributed by atoms with E-state index in [9.17, 15) is 14.7 Å². The first kappa shape index (κ1) is 15.3. The number of aliphatic carboxylic acids is 1. The maximum absolute atomic E-state index is 12.1. The van der Waals surface area contributed by atoms with Crippen molar-refractivity contribution < 1.29 is 24.2 Å². The molecule has 6 nitrogen and oxygen atoms in total. The molecule has 1 aromatic carbocycles. The quantitative estimate of drug-likeness (QED) is 0.909. The van der Waals surface area contributed by atoms with Gasteiger partial charge in [-0.3, -0.25) is 4.79 Å². The number of methoxy groups -OCH3 is 1. The van der Waals surface area contributed by atoms with Gasteiger partial charge in [0, 0.05) is 6.04 Å². The number of carboxylic acid groups (broad SMARTS) is 1. The minimum absolute atomic E-state index is 0.126. The van der Waals surface area contributed by atoms with Gasteiger partial charge < -0.3 is 19.5 Å². The SMILES string of the molecule is COc1cccc(C2C(C(=O)O)OCC(=O)N2C(C)C)c1. The molecule has 1 aliphatic heterocycles. The molecule has 0 bridgehead atoms. The third kappa shape index (κ3) is 3.00. The molecule has 0 aliphatic carbocycles. The van der Waals surface area contributed by atoms with E-state index in [4.69, 9.17) is 9.47 Å². The van der Waals surface area contributed by atoms with Gasteiger partial charge >= 0.3 is 5.97 Å². The molecule has 2 atom stereocenters. The van der Waals surface area contributed by atoms with Gasteiger partial charge in [-0.2, -0.15) is 0 Å². The monoisotopic (exact) mass is 293 g/mol. The van der Waals surface area contributed by atoms with Crippen molar-refractivity contribution in [1.82, 2.24) is 4.90 Å². The number of hydrogen-bond acceptors (Lipinski definition) is 4. The maximum atomic E-state index is 12.1. The second kappa shape index (κ2) is 6.13. The van der Waals surface area contributed by atoms with Gasteiger partial charge in [-0.1, -0.05) is 12.1 Å². The van der Waals surface area contributed by atoms with Crippen molar-refractivity contribution in [3.8, 4) is 5.75 Å². The van der Waals surface area contributed by atoms with E-state index in [1.165, 1.54) is 7.11 Å². The summed E-state index contributed by atoms with van der Waals surface area (Å²) in [5.74, 6) is -0.686. The number of carbonyl (C=O) groups excluding carboxylic acids is 1. The summed E-state index contributed by atoms with van der Waals surface area (Å²) in [5, 5.41) is 9.39. The minimum Gasteiger partial charge on any atom is -0.497 e. The number of nitrogens with zero attached hydrogens (tertiary/aromatic N) is 1. The Labute approximate surface area is 123 Å². The average molecular weight is 293 g/mol. The third-order valence-corrected chi connectivity index (χ3v) is 3.50. The third-order valence-electron chi connectivity index (χ3n) is 3.50. The lowest BCUT2D eigenvalue weighted by atomic mass is 9.96. The molecule has 1 N–H and O–H groups in total. The Morgan fingerprint density at radius 1 is 1.48 bits per heavy atom. The zero-order valence-electron chi connectivity index (χ0n) is 12.3. The predicted octanol–water partition coefficient (Wildman–Crippen LogP) is 1.46. The van der Waals surface area contributed by atoms with Crippen LogP contribution in [-0.4, -0.2) is 47.7 Å². The van der Waals surface area contributed by atoms with Crippen molar-refractivity contribution >= 4 is 11.9 Å². The lowest BCUT2D eigenvalue weighted by Crippen LogP contribution is -2.54. The van der Waals surface area contributed by atoms with E-state index in [-0.39, 0.29) is 18.6 Å². The highest BCUT2D eigenvalue weighted by Crippen LogP contribution is 2.33. The molecule has 0 radical (unpaired) electrons. The van der Waals surface area contributed by atoms with Crippen molar-refractivity contribution in [3.63, 3.8) is 0 Å². The molecule has 2 rings (SSSR count). The van der Waals surface area contributed by atoms with E-state index >= 15 is 0 Å². The van der Waals surface area contributed by atoms with Crippen LogP contribution in [0.15, 0.2) is 24.3 Å². The highest BCUT2D eigenvalue weighted by molar-refractivity contribution is 5.83. The first-order valence-electron chi connectivity index (χ1n) is 6.75. The summed E-state index contributed by atoms with van der Waals surface area (Å²) >= 11 is 0. The molecule has 21 heavy (non-hydrogen) atoms. The Hall–Kier alpha value is -2.08. The van der Waals surface area contributed by atoms with Crippen LogP contribution in [0.5, 0.6) is 5.75 Å². The van der Waals surface area contributed by atoms with Crippen LogP contribution in [-0.2, 0) is 14.3 Å². The Balaban J connectivity index is 2.48. The number of carboxylic acids is 1. The zero-order chi connectivity index (χ0) is 15.6. The molecule has 1 amide bonds. The average Bonchev–Trinajstić information content (AvgIpc) is 2.46. The van der Waals surface area contributed by atoms with E-state index in [0.29, 0.717) is 11.3 Å². The smallest absolute Gasteiger partial charge is 0.335 e. The fourth-order valence-corrected chi connectivity index (χ4v) is 2.60. The molecular weight excluding hydrogens is 274 g/mol. The van der Waals surface area contributed by atoms with Crippen LogP contribution in [0.1, 0.15) is 25.5 Å². The largest absolute Gasteiger partial charge is 0.497 e. The molecule has 0 aromatic heterocycles. The lowest BCUT2D eigenvalue weighted by Gasteiger charge is -2.42. The van der Waals surface area contributed by atoms with Crippen LogP contribution in [0.2, 0.25) is 0 Å². The summed E-state index contributed by atoms with van der Waals surface area (Å²) in [6.45, 7) is 3.50. The summed E-state index contributed by atoms with van der Waals surface area (Å²) in [5.41, 5.74) is 0.684. The second-order valence-electron chi connectivity index (χ2n) is 5.19. The van der Waals surface area contributed by atoms with Crippen LogP contribution in [0.3, 0.4) is 0 Å². The van der Waals surface area contributed by atoms with Crippen molar-refractivity contribution in [2.75, 3.05) is 13.7 Å². The van der Waals surface area contributed by atoms with Crippen molar-refractivity contribution in [1.29, 1.82) is 0 Å². The van der Waals surface area contributed by atoms with E-state index in [1.807, 2.05) is 13.8 Å². The molecule has 1 saturated heterocycles. The first-order chi connectivity index (χ1) is 9.95. The number of ether oxygens (including phenoxy) is 2. The number of carbonyl (C=O) groups is 2. The molecule has 1 aliphatic rings. The number of amides is 1. The molecule has 0 spiro atoms. The van der Waals surface area contributed by atoms with Gasteiger partial charge in [0.25, 0.3) is 0 Å². The maximum Gasteiger partial charge on any atom is 0.335 e. The summed E-state index contributed by atoms with van der Waals surface area (Å²) in [6, 6.07) is 6.26. The molecular formula is C15H19NO5. The van der Waals surface area contributed by atoms with Crippen molar-refractivity contribution in [3.05, 3.63) is 29.8 Å². The van der Waals surface area contributed by atoms with Crippen LogP contribution < -0.4 is 4.74 Å². The normalized spacial score (nSPS) is 22.5. The van der Waals surface area contributed by atoms with E-state index in [1.54, 1.807) is 29.2 Å². The molecule has 1 fully saturated rings. The Kier molecular flexibility index (Phi) is 4.47. The molecule has 2 unspecified atom stereocenters. The fraction of sp³-hybridized carbons (Fsp3) is 0.467. The predicted molar refractivity (Wildman–Crippen MR) is 75.1 cm³/mol. The minimum atomic E-state index is -1.09. The van der Waals surface area contributed by atoms with E-state index in [0.717, 1.165) is 0 Å². The van der Waals surface area contributed by atoms with Gasteiger partial charge in [0.1, 0.15) is 12.4 Å². The Morgan fingerprint density at radius 3 is 2.76 bits per heavy atom. The van der Waals surface area contributed by atoms with Gasteiger partial charge in [-0.15, -0.1) is 0 Å². The van der Waals surface area contributed by atoms with Gasteiger partial charge in [0.2, 0.25) is 5.91 Å². The highest BCUT2D eigenvalue weighted by Gasteiger charge is 2.43.